The molecule has 2 aliphatic rings. The van der Waals surface area contributed by atoms with Crippen LogP contribution in [0.5, 0.6) is 0 Å². The average molecular weight is 330 g/mol. The Labute approximate surface area is 139 Å². The SMILES string of the molecule is O=C1N(Cc2ccccc2)c2c(Cl)cccc2C12OCCCO2. The molecule has 118 valence electrons. The van der Waals surface area contributed by atoms with Crippen LogP contribution in [0, 0.1) is 0 Å². The van der Waals surface area contributed by atoms with Crippen LogP contribution in [0.2, 0.25) is 5.02 Å². The van der Waals surface area contributed by atoms with Gasteiger partial charge in [0.15, 0.2) is 0 Å². The molecule has 0 aromatic heterocycles. The molecule has 2 aromatic rings. The number of amides is 1. The molecular weight excluding hydrogens is 314 g/mol. The summed E-state index contributed by atoms with van der Waals surface area (Å²) in [5, 5.41) is 0.529. The Balaban J connectivity index is 1.80. The van der Waals surface area contributed by atoms with E-state index in [9.17, 15) is 4.79 Å². The van der Waals surface area contributed by atoms with Crippen LogP contribution < -0.4 is 4.90 Å². The predicted molar refractivity (Wildman–Crippen MR) is 87.3 cm³/mol. The molecule has 0 N–H and O–H groups in total. The van der Waals surface area contributed by atoms with Crippen LogP contribution >= 0.6 is 11.6 Å². The lowest BCUT2D eigenvalue weighted by atomic mass is 10.1. The number of benzene rings is 2. The number of carbonyl (C=O) groups excluding carboxylic acids is 1. The number of anilines is 1. The zero-order valence-corrected chi connectivity index (χ0v) is 13.3. The van der Waals surface area contributed by atoms with Gasteiger partial charge in [-0.3, -0.25) is 4.79 Å². The highest BCUT2D eigenvalue weighted by Gasteiger charge is 2.55. The van der Waals surface area contributed by atoms with Crippen LogP contribution in [0.3, 0.4) is 0 Å². The number of nitrogens with zero attached hydrogens (tertiary/aromatic N) is 1. The molecule has 2 aliphatic heterocycles. The normalized spacial score (nSPS) is 19.2. The molecular formula is C18H16ClNO3. The summed E-state index contributed by atoms with van der Waals surface area (Å²) >= 11 is 6.39. The summed E-state index contributed by atoms with van der Waals surface area (Å²) in [5.74, 6) is -1.54. The summed E-state index contributed by atoms with van der Waals surface area (Å²) < 4.78 is 11.6. The number of fused-ring (bicyclic) bond motifs is 2. The molecule has 4 nitrogen and oxygen atoms in total. The fourth-order valence-corrected chi connectivity index (χ4v) is 3.45. The molecule has 1 saturated heterocycles. The first kappa shape index (κ1) is 14.7. The van der Waals surface area contributed by atoms with Gasteiger partial charge in [-0.2, -0.15) is 0 Å². The van der Waals surface area contributed by atoms with Crippen molar-refractivity contribution in [1.29, 1.82) is 0 Å². The van der Waals surface area contributed by atoms with Gasteiger partial charge in [-0.05, 0) is 18.1 Å². The number of ether oxygens (including phenoxy) is 2. The average Bonchev–Trinajstić information content (AvgIpc) is 2.81. The lowest BCUT2D eigenvalue weighted by molar-refractivity contribution is -0.256. The molecule has 0 unspecified atom stereocenters. The topological polar surface area (TPSA) is 38.8 Å². The molecule has 0 aliphatic carbocycles. The van der Waals surface area contributed by atoms with E-state index in [0.29, 0.717) is 36.0 Å². The van der Waals surface area contributed by atoms with Crippen molar-refractivity contribution < 1.29 is 14.3 Å². The van der Waals surface area contributed by atoms with Crippen molar-refractivity contribution in [3.05, 3.63) is 64.7 Å². The monoisotopic (exact) mass is 329 g/mol. The van der Waals surface area contributed by atoms with Gasteiger partial charge in [0.2, 0.25) is 0 Å². The smallest absolute Gasteiger partial charge is 0.292 e. The largest absolute Gasteiger partial charge is 0.338 e. The van der Waals surface area contributed by atoms with Gasteiger partial charge in [0, 0.05) is 5.56 Å². The highest BCUT2D eigenvalue weighted by molar-refractivity contribution is 6.34. The van der Waals surface area contributed by atoms with E-state index in [1.807, 2.05) is 42.5 Å². The Morgan fingerprint density at radius 3 is 2.52 bits per heavy atom. The van der Waals surface area contributed by atoms with Crippen molar-refractivity contribution in [2.75, 3.05) is 18.1 Å². The first-order valence-corrected chi connectivity index (χ1v) is 8.03. The number of halogens is 1. The Bertz CT molecular complexity index is 741. The first-order valence-electron chi connectivity index (χ1n) is 7.65. The summed E-state index contributed by atoms with van der Waals surface area (Å²) in [5.41, 5.74) is 2.41. The minimum atomic E-state index is -1.34. The Morgan fingerprint density at radius 2 is 1.78 bits per heavy atom. The predicted octanol–water partition coefficient (Wildman–Crippen LogP) is 3.48. The summed E-state index contributed by atoms with van der Waals surface area (Å²) in [6.45, 7) is 1.43. The minimum Gasteiger partial charge on any atom is -0.338 e. The highest BCUT2D eigenvalue weighted by Crippen LogP contribution is 2.48. The maximum atomic E-state index is 13.1. The van der Waals surface area contributed by atoms with Crippen molar-refractivity contribution >= 4 is 23.2 Å². The van der Waals surface area contributed by atoms with E-state index >= 15 is 0 Å². The van der Waals surface area contributed by atoms with Gasteiger partial charge >= 0.3 is 0 Å². The van der Waals surface area contributed by atoms with Crippen LogP contribution in [0.15, 0.2) is 48.5 Å². The standard InChI is InChI=1S/C18H16ClNO3/c19-15-9-4-8-14-16(15)20(12-13-6-2-1-3-7-13)17(21)18(14)22-10-5-11-23-18/h1-4,6-9H,5,10-12H2. The third kappa shape index (κ3) is 2.26. The van der Waals surface area contributed by atoms with E-state index in [4.69, 9.17) is 21.1 Å². The molecule has 5 heteroatoms. The molecule has 0 atom stereocenters. The Hall–Kier alpha value is -1.88. The van der Waals surface area contributed by atoms with Crippen molar-refractivity contribution in [2.24, 2.45) is 0 Å². The van der Waals surface area contributed by atoms with Crippen LogP contribution in [-0.2, 0) is 26.6 Å². The Morgan fingerprint density at radius 1 is 1.04 bits per heavy atom. The van der Waals surface area contributed by atoms with Crippen molar-refractivity contribution in [3.8, 4) is 0 Å². The van der Waals surface area contributed by atoms with Crippen molar-refractivity contribution in [1.82, 2.24) is 0 Å². The number of hydrogen-bond acceptors (Lipinski definition) is 3. The summed E-state index contributed by atoms with van der Waals surface area (Å²) in [4.78, 5) is 14.8. The molecule has 23 heavy (non-hydrogen) atoms. The second-order valence-corrected chi connectivity index (χ2v) is 6.09. The van der Waals surface area contributed by atoms with E-state index in [1.54, 1.807) is 11.0 Å². The van der Waals surface area contributed by atoms with E-state index in [2.05, 4.69) is 0 Å². The molecule has 0 saturated carbocycles. The lowest BCUT2D eigenvalue weighted by Crippen LogP contribution is -2.47. The van der Waals surface area contributed by atoms with Gasteiger partial charge in [-0.1, -0.05) is 54.1 Å². The quantitative estimate of drug-likeness (QED) is 0.846. The van der Waals surface area contributed by atoms with Gasteiger partial charge in [0.25, 0.3) is 11.7 Å². The summed E-state index contributed by atoms with van der Waals surface area (Å²) in [6, 6.07) is 15.3. The minimum absolute atomic E-state index is 0.204. The molecule has 1 amide bonds. The molecule has 0 radical (unpaired) electrons. The third-order valence-electron chi connectivity index (χ3n) is 4.22. The molecule has 0 bridgehead atoms. The van der Waals surface area contributed by atoms with Crippen molar-refractivity contribution in [3.63, 3.8) is 0 Å². The van der Waals surface area contributed by atoms with Crippen LogP contribution in [0.25, 0.3) is 0 Å². The van der Waals surface area contributed by atoms with Gasteiger partial charge in [0.05, 0.1) is 30.5 Å². The van der Waals surface area contributed by atoms with E-state index in [1.165, 1.54) is 0 Å². The van der Waals surface area contributed by atoms with Gasteiger partial charge in [-0.25, -0.2) is 0 Å². The van der Waals surface area contributed by atoms with Gasteiger partial charge in [-0.15, -0.1) is 0 Å². The molecule has 1 spiro atoms. The van der Waals surface area contributed by atoms with E-state index in [0.717, 1.165) is 12.0 Å². The Kier molecular flexibility index (Phi) is 3.60. The molecule has 2 aromatic carbocycles. The third-order valence-corrected chi connectivity index (χ3v) is 4.53. The summed E-state index contributed by atoms with van der Waals surface area (Å²) in [7, 11) is 0. The zero-order valence-electron chi connectivity index (χ0n) is 12.5. The second kappa shape index (κ2) is 5.64. The van der Waals surface area contributed by atoms with Gasteiger partial charge in [0.1, 0.15) is 0 Å². The molecule has 4 rings (SSSR count). The van der Waals surface area contributed by atoms with Crippen LogP contribution in [0.4, 0.5) is 5.69 Å². The number of rotatable bonds is 2. The number of hydrogen-bond donors (Lipinski definition) is 0. The first-order chi connectivity index (χ1) is 11.2. The highest BCUT2D eigenvalue weighted by atomic mass is 35.5. The van der Waals surface area contributed by atoms with E-state index in [-0.39, 0.29) is 5.91 Å². The molecule has 2 heterocycles. The number of carbonyl (C=O) groups is 1. The fraction of sp³-hybridized carbons (Fsp3) is 0.278. The summed E-state index contributed by atoms with van der Waals surface area (Å²) in [6.07, 6.45) is 0.781. The van der Waals surface area contributed by atoms with Crippen molar-refractivity contribution in [2.45, 2.75) is 18.8 Å². The maximum Gasteiger partial charge on any atom is 0.292 e. The number of para-hydroxylation sites is 1. The van der Waals surface area contributed by atoms with Crippen LogP contribution in [-0.4, -0.2) is 19.1 Å². The lowest BCUT2D eigenvalue weighted by Gasteiger charge is -2.32. The second-order valence-electron chi connectivity index (χ2n) is 5.68. The molecule has 1 fully saturated rings. The fourth-order valence-electron chi connectivity index (χ4n) is 3.18. The van der Waals surface area contributed by atoms with E-state index < -0.39 is 5.79 Å². The maximum absolute atomic E-state index is 13.1. The zero-order chi connectivity index (χ0) is 15.9. The van der Waals surface area contributed by atoms with Gasteiger partial charge < -0.3 is 14.4 Å². The van der Waals surface area contributed by atoms with Crippen LogP contribution in [0.1, 0.15) is 17.5 Å².